The van der Waals surface area contributed by atoms with E-state index in [9.17, 15) is 0 Å². The molecule has 0 saturated carbocycles. The van der Waals surface area contributed by atoms with Crippen LogP contribution in [0, 0.1) is 11.8 Å². The minimum Gasteiger partial charge on any atom is -0.395 e. The summed E-state index contributed by atoms with van der Waals surface area (Å²) in [5.41, 5.74) is 1.10. The number of hydrogen-bond acceptors (Lipinski definition) is 4. The Kier molecular flexibility index (Phi) is 5.41. The smallest absolute Gasteiger partial charge is 0.0678 e. The van der Waals surface area contributed by atoms with Crippen LogP contribution in [0.15, 0.2) is 11.4 Å². The summed E-state index contributed by atoms with van der Waals surface area (Å²) in [7, 11) is 0. The van der Waals surface area contributed by atoms with Crippen LogP contribution in [0.1, 0.15) is 30.7 Å². The molecule has 104 valence electrons. The van der Waals surface area contributed by atoms with E-state index < -0.39 is 0 Å². The van der Waals surface area contributed by atoms with Gasteiger partial charge in [0.1, 0.15) is 0 Å². The van der Waals surface area contributed by atoms with Gasteiger partial charge < -0.3 is 9.84 Å². The van der Waals surface area contributed by atoms with Crippen LogP contribution in [0.4, 0.5) is 0 Å². The predicted octanol–water partition coefficient (Wildman–Crippen LogP) is 2.09. The van der Waals surface area contributed by atoms with Crippen molar-refractivity contribution in [1.82, 2.24) is 4.90 Å². The monoisotopic (exact) mass is 279 g/mol. The number of thiophene rings is 1. The summed E-state index contributed by atoms with van der Waals surface area (Å²) < 4.78 is 5.75. The zero-order valence-electron chi connectivity index (χ0n) is 11.6. The Hall–Kier alpha value is -0.860. The highest BCUT2D eigenvalue weighted by atomic mass is 32.1. The molecular formula is C15H21NO2S. The van der Waals surface area contributed by atoms with Gasteiger partial charge in [-0.2, -0.15) is 0 Å². The van der Waals surface area contributed by atoms with E-state index in [-0.39, 0.29) is 6.61 Å². The van der Waals surface area contributed by atoms with Crippen molar-refractivity contribution in [2.24, 2.45) is 0 Å². The number of ether oxygens (including phenoxy) is 1. The number of morpholine rings is 1. The van der Waals surface area contributed by atoms with Gasteiger partial charge in [0, 0.05) is 36.5 Å². The molecule has 1 N–H and O–H groups in total. The Bertz CT molecular complexity index is 450. The van der Waals surface area contributed by atoms with Crippen LogP contribution in [-0.4, -0.2) is 41.9 Å². The SMILES string of the molecule is C[C@@H]1CN(Cc2sccc2C#CCCO)C[C@H](C)O1. The van der Waals surface area contributed by atoms with Gasteiger partial charge in [-0.05, 0) is 25.3 Å². The Labute approximate surface area is 119 Å². The summed E-state index contributed by atoms with van der Waals surface area (Å²) in [4.78, 5) is 3.74. The van der Waals surface area contributed by atoms with Crippen molar-refractivity contribution < 1.29 is 9.84 Å². The number of aliphatic hydroxyl groups excluding tert-OH is 1. The van der Waals surface area contributed by atoms with Crippen molar-refractivity contribution in [2.75, 3.05) is 19.7 Å². The number of aliphatic hydroxyl groups is 1. The Balaban J connectivity index is 1.99. The average Bonchev–Trinajstić information content (AvgIpc) is 2.76. The second-order valence-corrected chi connectivity index (χ2v) is 5.98. The van der Waals surface area contributed by atoms with E-state index in [0.717, 1.165) is 25.2 Å². The van der Waals surface area contributed by atoms with Crippen molar-refractivity contribution in [3.63, 3.8) is 0 Å². The van der Waals surface area contributed by atoms with Crippen molar-refractivity contribution in [3.05, 3.63) is 21.9 Å². The number of nitrogens with zero attached hydrogens (tertiary/aromatic N) is 1. The normalized spacial score (nSPS) is 23.9. The molecule has 2 heterocycles. The first-order valence-corrected chi connectivity index (χ1v) is 7.61. The lowest BCUT2D eigenvalue weighted by molar-refractivity contribution is -0.0702. The molecule has 1 saturated heterocycles. The fraction of sp³-hybridized carbons (Fsp3) is 0.600. The van der Waals surface area contributed by atoms with Gasteiger partial charge in [0.2, 0.25) is 0 Å². The maximum absolute atomic E-state index is 8.76. The average molecular weight is 279 g/mol. The van der Waals surface area contributed by atoms with Gasteiger partial charge in [-0.15, -0.1) is 11.3 Å². The predicted molar refractivity (Wildman–Crippen MR) is 78.2 cm³/mol. The molecule has 2 atom stereocenters. The van der Waals surface area contributed by atoms with Crippen LogP contribution in [0.25, 0.3) is 0 Å². The molecule has 1 aliphatic rings. The lowest BCUT2D eigenvalue weighted by Gasteiger charge is -2.35. The van der Waals surface area contributed by atoms with Crippen LogP contribution in [0.5, 0.6) is 0 Å². The zero-order chi connectivity index (χ0) is 13.7. The second-order valence-electron chi connectivity index (χ2n) is 4.98. The standard InChI is InChI=1S/C15H21NO2S/c1-12-9-16(10-13(2)18-12)11-15-14(6-8-19-15)5-3-4-7-17/h6,8,12-13,17H,4,7,9-11H2,1-2H3/t12-,13+. The van der Waals surface area contributed by atoms with E-state index in [4.69, 9.17) is 9.84 Å². The second kappa shape index (κ2) is 7.06. The molecule has 1 aliphatic heterocycles. The molecule has 0 spiro atoms. The molecule has 4 heteroatoms. The van der Waals surface area contributed by atoms with Crippen LogP contribution >= 0.6 is 11.3 Å². The van der Waals surface area contributed by atoms with E-state index in [1.54, 1.807) is 11.3 Å². The van der Waals surface area contributed by atoms with E-state index >= 15 is 0 Å². The highest BCUT2D eigenvalue weighted by Crippen LogP contribution is 2.20. The molecule has 0 radical (unpaired) electrons. The molecule has 0 unspecified atom stereocenters. The van der Waals surface area contributed by atoms with Crippen molar-refractivity contribution >= 4 is 11.3 Å². The highest BCUT2D eigenvalue weighted by Gasteiger charge is 2.22. The summed E-state index contributed by atoms with van der Waals surface area (Å²) in [6.45, 7) is 7.28. The van der Waals surface area contributed by atoms with Crippen LogP contribution in [0.2, 0.25) is 0 Å². The molecule has 1 aromatic heterocycles. The summed E-state index contributed by atoms with van der Waals surface area (Å²) >= 11 is 1.76. The minimum atomic E-state index is 0.130. The first kappa shape index (κ1) is 14.5. The third-order valence-electron chi connectivity index (χ3n) is 3.07. The van der Waals surface area contributed by atoms with Gasteiger partial charge in [0.15, 0.2) is 0 Å². The summed E-state index contributed by atoms with van der Waals surface area (Å²) in [5.74, 6) is 6.14. The molecule has 1 fully saturated rings. The zero-order valence-corrected chi connectivity index (χ0v) is 12.4. The summed E-state index contributed by atoms with van der Waals surface area (Å²) in [6.07, 6.45) is 1.14. The molecule has 0 amide bonds. The topological polar surface area (TPSA) is 32.7 Å². The Morgan fingerprint density at radius 2 is 2.16 bits per heavy atom. The van der Waals surface area contributed by atoms with Crippen LogP contribution in [0.3, 0.4) is 0 Å². The van der Waals surface area contributed by atoms with E-state index in [1.807, 2.05) is 0 Å². The molecule has 0 aliphatic carbocycles. The highest BCUT2D eigenvalue weighted by molar-refractivity contribution is 7.10. The van der Waals surface area contributed by atoms with E-state index in [0.29, 0.717) is 18.6 Å². The van der Waals surface area contributed by atoms with Crippen molar-refractivity contribution in [1.29, 1.82) is 0 Å². The molecule has 19 heavy (non-hydrogen) atoms. The number of rotatable bonds is 3. The maximum Gasteiger partial charge on any atom is 0.0678 e. The lowest BCUT2D eigenvalue weighted by atomic mass is 10.2. The number of hydrogen-bond donors (Lipinski definition) is 1. The van der Waals surface area contributed by atoms with Gasteiger partial charge in [-0.1, -0.05) is 11.8 Å². The fourth-order valence-corrected chi connectivity index (χ4v) is 3.28. The Morgan fingerprint density at radius 1 is 1.42 bits per heavy atom. The first-order chi connectivity index (χ1) is 9.19. The van der Waals surface area contributed by atoms with Crippen molar-refractivity contribution in [3.8, 4) is 11.8 Å². The molecule has 0 bridgehead atoms. The van der Waals surface area contributed by atoms with E-state index in [2.05, 4.69) is 42.0 Å². The largest absolute Gasteiger partial charge is 0.395 e. The molecular weight excluding hydrogens is 258 g/mol. The third-order valence-corrected chi connectivity index (χ3v) is 3.97. The summed E-state index contributed by atoms with van der Waals surface area (Å²) in [6, 6.07) is 2.07. The molecule has 1 aromatic rings. The molecule has 2 rings (SSSR count). The Morgan fingerprint density at radius 3 is 2.84 bits per heavy atom. The lowest BCUT2D eigenvalue weighted by Crippen LogP contribution is -2.44. The fourth-order valence-electron chi connectivity index (χ4n) is 2.40. The van der Waals surface area contributed by atoms with Crippen molar-refractivity contribution in [2.45, 2.75) is 39.0 Å². The van der Waals surface area contributed by atoms with Gasteiger partial charge in [0.25, 0.3) is 0 Å². The molecule has 0 aromatic carbocycles. The maximum atomic E-state index is 8.76. The van der Waals surface area contributed by atoms with Gasteiger partial charge in [0.05, 0.1) is 18.8 Å². The van der Waals surface area contributed by atoms with Gasteiger partial charge in [-0.3, -0.25) is 4.90 Å². The van der Waals surface area contributed by atoms with Gasteiger partial charge in [-0.25, -0.2) is 0 Å². The van der Waals surface area contributed by atoms with Crippen LogP contribution in [-0.2, 0) is 11.3 Å². The quantitative estimate of drug-likeness (QED) is 0.860. The minimum absolute atomic E-state index is 0.130. The first-order valence-electron chi connectivity index (χ1n) is 6.73. The van der Waals surface area contributed by atoms with Gasteiger partial charge >= 0.3 is 0 Å². The van der Waals surface area contributed by atoms with Crippen LogP contribution < -0.4 is 0 Å². The molecule has 3 nitrogen and oxygen atoms in total. The van der Waals surface area contributed by atoms with E-state index in [1.165, 1.54) is 4.88 Å². The third kappa shape index (κ3) is 4.32. The summed E-state index contributed by atoms with van der Waals surface area (Å²) in [5, 5.41) is 10.9.